The lowest BCUT2D eigenvalue weighted by molar-refractivity contribution is 0.474. The molecule has 0 aliphatic heterocycles. The van der Waals surface area contributed by atoms with E-state index in [1.165, 1.54) is 0 Å². The Labute approximate surface area is 103 Å². The number of nitrogens with zero attached hydrogens (tertiary/aromatic N) is 1. The quantitative estimate of drug-likeness (QED) is 0.832. The zero-order valence-electron chi connectivity index (χ0n) is 8.54. The summed E-state index contributed by atoms with van der Waals surface area (Å²) in [7, 11) is 0. The minimum absolute atomic E-state index is 0.0924. The summed E-state index contributed by atoms with van der Waals surface area (Å²) in [5, 5.41) is 10.6. The van der Waals surface area contributed by atoms with E-state index < -0.39 is 0 Å². The molecule has 2 aromatic rings. The van der Waals surface area contributed by atoms with Crippen LogP contribution in [0.15, 0.2) is 30.3 Å². The molecule has 1 heterocycles. The number of halogens is 2. The molecule has 0 saturated heterocycles. The maximum Gasteiger partial charge on any atom is 0.141 e. The summed E-state index contributed by atoms with van der Waals surface area (Å²) in [4.78, 5) is 4.25. The first kappa shape index (κ1) is 11.2. The van der Waals surface area contributed by atoms with Crippen molar-refractivity contribution in [2.24, 2.45) is 0 Å². The number of pyridine rings is 1. The molecule has 0 radical (unpaired) electrons. The van der Waals surface area contributed by atoms with Gasteiger partial charge in [0.25, 0.3) is 0 Å². The van der Waals surface area contributed by atoms with Crippen LogP contribution in [0.4, 0.5) is 0 Å². The molecule has 16 heavy (non-hydrogen) atoms. The van der Waals surface area contributed by atoms with E-state index in [-0.39, 0.29) is 5.75 Å². The van der Waals surface area contributed by atoms with Gasteiger partial charge in [-0.15, -0.1) is 0 Å². The van der Waals surface area contributed by atoms with Crippen LogP contribution >= 0.6 is 23.2 Å². The van der Waals surface area contributed by atoms with Gasteiger partial charge in [-0.3, -0.25) is 0 Å². The van der Waals surface area contributed by atoms with Gasteiger partial charge in [-0.1, -0.05) is 35.3 Å². The first-order valence-corrected chi connectivity index (χ1v) is 5.46. The van der Waals surface area contributed by atoms with Crippen LogP contribution in [0, 0.1) is 6.92 Å². The number of aryl methyl sites for hydroxylation is 1. The molecule has 0 aliphatic carbocycles. The average Bonchev–Trinajstić information content (AvgIpc) is 2.26. The average molecular weight is 254 g/mol. The summed E-state index contributed by atoms with van der Waals surface area (Å²) in [5.41, 5.74) is 1.90. The van der Waals surface area contributed by atoms with Gasteiger partial charge in [-0.25, -0.2) is 4.98 Å². The Morgan fingerprint density at radius 2 is 1.88 bits per heavy atom. The molecule has 0 fully saturated rings. The molecule has 0 spiro atoms. The number of hydrogen-bond donors (Lipinski definition) is 1. The van der Waals surface area contributed by atoms with Crippen LogP contribution in [0.3, 0.4) is 0 Å². The van der Waals surface area contributed by atoms with E-state index >= 15 is 0 Å². The van der Waals surface area contributed by atoms with E-state index in [1.54, 1.807) is 30.3 Å². The standard InChI is InChI=1S/C12H9Cl2NO/c1-7-5-6-10(16)12(15-7)8-3-2-4-9(13)11(8)14/h2-6,16H,1H3. The monoisotopic (exact) mass is 253 g/mol. The molecule has 82 valence electrons. The maximum atomic E-state index is 9.74. The topological polar surface area (TPSA) is 33.1 Å². The lowest BCUT2D eigenvalue weighted by Crippen LogP contribution is -1.88. The van der Waals surface area contributed by atoms with Crippen LogP contribution < -0.4 is 0 Å². The van der Waals surface area contributed by atoms with Gasteiger partial charge in [-0.05, 0) is 25.1 Å². The SMILES string of the molecule is Cc1ccc(O)c(-c2cccc(Cl)c2Cl)n1. The van der Waals surface area contributed by atoms with Crippen molar-refractivity contribution >= 4 is 23.2 Å². The molecule has 2 nitrogen and oxygen atoms in total. The third kappa shape index (κ3) is 1.99. The van der Waals surface area contributed by atoms with Gasteiger partial charge in [0, 0.05) is 11.3 Å². The largest absolute Gasteiger partial charge is 0.506 e. The number of aromatic nitrogens is 1. The van der Waals surface area contributed by atoms with Gasteiger partial charge >= 0.3 is 0 Å². The van der Waals surface area contributed by atoms with Crippen molar-refractivity contribution in [2.45, 2.75) is 6.92 Å². The maximum absolute atomic E-state index is 9.74. The van der Waals surface area contributed by atoms with Crippen molar-refractivity contribution in [3.63, 3.8) is 0 Å². The lowest BCUT2D eigenvalue weighted by atomic mass is 10.1. The summed E-state index contributed by atoms with van der Waals surface area (Å²) in [6, 6.07) is 8.56. The van der Waals surface area contributed by atoms with Crippen molar-refractivity contribution in [3.05, 3.63) is 46.1 Å². The predicted octanol–water partition coefficient (Wildman–Crippen LogP) is 4.07. The fourth-order valence-corrected chi connectivity index (χ4v) is 1.82. The minimum atomic E-state index is 0.0924. The fraction of sp³-hybridized carbons (Fsp3) is 0.0833. The van der Waals surface area contributed by atoms with Crippen molar-refractivity contribution in [1.82, 2.24) is 4.98 Å². The molecule has 1 aromatic heterocycles. The third-order valence-corrected chi connectivity index (χ3v) is 3.04. The van der Waals surface area contributed by atoms with E-state index in [9.17, 15) is 5.11 Å². The zero-order valence-corrected chi connectivity index (χ0v) is 10.0. The van der Waals surface area contributed by atoms with Crippen LogP contribution in [0.25, 0.3) is 11.3 Å². The summed E-state index contributed by atoms with van der Waals surface area (Å²) >= 11 is 12.0. The van der Waals surface area contributed by atoms with Crippen molar-refractivity contribution in [2.75, 3.05) is 0 Å². The Balaban J connectivity index is 2.67. The van der Waals surface area contributed by atoms with Crippen LogP contribution in [0.5, 0.6) is 5.75 Å². The fourth-order valence-electron chi connectivity index (χ4n) is 1.43. The van der Waals surface area contributed by atoms with Gasteiger partial charge in [-0.2, -0.15) is 0 Å². The molecule has 0 saturated carbocycles. The Morgan fingerprint density at radius 1 is 1.12 bits per heavy atom. The van der Waals surface area contributed by atoms with Crippen molar-refractivity contribution in [1.29, 1.82) is 0 Å². The number of rotatable bonds is 1. The summed E-state index contributed by atoms with van der Waals surface area (Å²) < 4.78 is 0. The molecule has 4 heteroatoms. The van der Waals surface area contributed by atoms with E-state index in [2.05, 4.69) is 4.98 Å². The molecular weight excluding hydrogens is 245 g/mol. The van der Waals surface area contributed by atoms with Gasteiger partial charge in [0.2, 0.25) is 0 Å². The van der Waals surface area contributed by atoms with E-state index in [1.807, 2.05) is 6.92 Å². The summed E-state index contributed by atoms with van der Waals surface area (Å²) in [5.74, 6) is 0.0924. The molecule has 2 rings (SSSR count). The normalized spacial score (nSPS) is 10.4. The molecule has 1 N–H and O–H groups in total. The minimum Gasteiger partial charge on any atom is -0.506 e. The predicted molar refractivity (Wildman–Crippen MR) is 66.1 cm³/mol. The van der Waals surface area contributed by atoms with Gasteiger partial charge in [0.15, 0.2) is 0 Å². The second-order valence-electron chi connectivity index (χ2n) is 3.42. The van der Waals surface area contributed by atoms with E-state index in [0.717, 1.165) is 5.69 Å². The van der Waals surface area contributed by atoms with Crippen LogP contribution in [0.1, 0.15) is 5.69 Å². The molecule has 1 aromatic carbocycles. The molecule has 0 aliphatic rings. The van der Waals surface area contributed by atoms with E-state index in [4.69, 9.17) is 23.2 Å². The number of aromatic hydroxyl groups is 1. The number of benzene rings is 1. The van der Waals surface area contributed by atoms with Crippen molar-refractivity contribution in [3.8, 4) is 17.0 Å². The Kier molecular flexibility index (Phi) is 3.03. The van der Waals surface area contributed by atoms with Gasteiger partial charge < -0.3 is 5.11 Å². The Bertz CT molecular complexity index is 541. The molecule has 0 unspecified atom stereocenters. The van der Waals surface area contributed by atoms with Crippen LogP contribution in [-0.2, 0) is 0 Å². The Morgan fingerprint density at radius 3 is 2.62 bits per heavy atom. The highest BCUT2D eigenvalue weighted by Gasteiger charge is 2.12. The highest BCUT2D eigenvalue weighted by molar-refractivity contribution is 6.43. The van der Waals surface area contributed by atoms with Crippen molar-refractivity contribution < 1.29 is 5.11 Å². The summed E-state index contributed by atoms with van der Waals surface area (Å²) in [6.45, 7) is 1.85. The lowest BCUT2D eigenvalue weighted by Gasteiger charge is -2.07. The molecule has 0 amide bonds. The highest BCUT2D eigenvalue weighted by atomic mass is 35.5. The highest BCUT2D eigenvalue weighted by Crippen LogP contribution is 2.36. The smallest absolute Gasteiger partial charge is 0.141 e. The molecule has 0 atom stereocenters. The number of hydrogen-bond acceptors (Lipinski definition) is 2. The van der Waals surface area contributed by atoms with Crippen LogP contribution in [-0.4, -0.2) is 10.1 Å². The second kappa shape index (κ2) is 4.32. The van der Waals surface area contributed by atoms with Gasteiger partial charge in [0.05, 0.1) is 10.0 Å². The zero-order chi connectivity index (χ0) is 11.7. The third-order valence-electron chi connectivity index (χ3n) is 2.22. The first-order valence-electron chi connectivity index (χ1n) is 4.70. The first-order chi connectivity index (χ1) is 7.59. The van der Waals surface area contributed by atoms with E-state index in [0.29, 0.717) is 21.3 Å². The molecule has 0 bridgehead atoms. The molecular formula is C12H9Cl2NO. The van der Waals surface area contributed by atoms with Gasteiger partial charge in [0.1, 0.15) is 11.4 Å². The second-order valence-corrected chi connectivity index (χ2v) is 4.21. The Hall–Kier alpha value is -1.25. The van der Waals surface area contributed by atoms with Crippen LogP contribution in [0.2, 0.25) is 10.0 Å². The summed E-state index contributed by atoms with van der Waals surface area (Å²) in [6.07, 6.45) is 0.